The van der Waals surface area contributed by atoms with Gasteiger partial charge in [0.05, 0.1) is 24.6 Å². The molecule has 0 aliphatic carbocycles. The van der Waals surface area contributed by atoms with Crippen molar-refractivity contribution in [3.05, 3.63) is 32.8 Å². The number of methoxy groups -OCH3 is 1. The Bertz CT molecular complexity index is 501. The molecule has 0 fully saturated rings. The van der Waals surface area contributed by atoms with E-state index in [1.54, 1.807) is 13.8 Å². The van der Waals surface area contributed by atoms with Crippen LogP contribution in [-0.2, 0) is 16.0 Å². The zero-order valence-electron chi connectivity index (χ0n) is 10.8. The molecule has 0 aliphatic heterocycles. The van der Waals surface area contributed by atoms with Gasteiger partial charge in [-0.05, 0) is 19.9 Å². The van der Waals surface area contributed by atoms with E-state index in [0.717, 1.165) is 0 Å². The van der Waals surface area contributed by atoms with Gasteiger partial charge in [0, 0.05) is 16.7 Å². The number of carbonyl (C=O) groups is 1. The van der Waals surface area contributed by atoms with Crippen molar-refractivity contribution in [1.29, 1.82) is 0 Å². The third-order valence-corrected chi connectivity index (χ3v) is 2.43. The van der Waals surface area contributed by atoms with Crippen molar-refractivity contribution in [3.8, 4) is 5.75 Å². The molecule has 0 aromatic heterocycles. The van der Waals surface area contributed by atoms with Crippen molar-refractivity contribution in [3.63, 3.8) is 0 Å². The fourth-order valence-electron chi connectivity index (χ4n) is 1.60. The fraction of sp³-hybridized carbons (Fsp3) is 0.417. The van der Waals surface area contributed by atoms with E-state index in [2.05, 4.69) is 0 Å². The summed E-state index contributed by atoms with van der Waals surface area (Å²) in [5, 5.41) is 11.1. The topological polar surface area (TPSA) is 78.7 Å². The molecule has 6 nitrogen and oxygen atoms in total. The standard InChI is InChI=1S/C12H14ClNO5/c1-7(2)19-11(15)5-8-4-9(13)6-10(14(16)17)12(8)18-3/h4,6-7H,5H2,1-3H3. The molecular formula is C12H14ClNO5. The molecule has 0 N–H and O–H groups in total. The van der Waals surface area contributed by atoms with Gasteiger partial charge in [-0.2, -0.15) is 0 Å². The summed E-state index contributed by atoms with van der Waals surface area (Å²) in [7, 11) is 1.30. The summed E-state index contributed by atoms with van der Waals surface area (Å²) < 4.78 is 9.98. The van der Waals surface area contributed by atoms with Crippen molar-refractivity contribution in [2.45, 2.75) is 26.4 Å². The molecule has 19 heavy (non-hydrogen) atoms. The zero-order valence-corrected chi connectivity index (χ0v) is 11.6. The van der Waals surface area contributed by atoms with Gasteiger partial charge in [0.25, 0.3) is 0 Å². The SMILES string of the molecule is COc1c(CC(=O)OC(C)C)cc(Cl)cc1[N+](=O)[O-]. The molecule has 0 bridgehead atoms. The van der Waals surface area contributed by atoms with Gasteiger partial charge >= 0.3 is 11.7 Å². The Morgan fingerprint density at radius 3 is 2.58 bits per heavy atom. The van der Waals surface area contributed by atoms with Crippen molar-refractivity contribution in [2.24, 2.45) is 0 Å². The highest BCUT2D eigenvalue weighted by Gasteiger charge is 2.22. The van der Waals surface area contributed by atoms with Gasteiger partial charge in [-0.25, -0.2) is 0 Å². The number of hydrogen-bond donors (Lipinski definition) is 0. The second-order valence-electron chi connectivity index (χ2n) is 4.09. The Morgan fingerprint density at radius 1 is 1.47 bits per heavy atom. The quantitative estimate of drug-likeness (QED) is 0.473. The number of esters is 1. The number of ether oxygens (including phenoxy) is 2. The summed E-state index contributed by atoms with van der Waals surface area (Å²) in [6.45, 7) is 3.44. The van der Waals surface area contributed by atoms with Gasteiger partial charge in [-0.15, -0.1) is 0 Å². The monoisotopic (exact) mass is 287 g/mol. The molecule has 1 aromatic rings. The van der Waals surface area contributed by atoms with Crippen molar-refractivity contribution < 1.29 is 19.2 Å². The Hall–Kier alpha value is -1.82. The molecule has 0 amide bonds. The summed E-state index contributed by atoms with van der Waals surface area (Å²) in [5.74, 6) is -0.472. The smallest absolute Gasteiger partial charge is 0.312 e. The lowest BCUT2D eigenvalue weighted by Crippen LogP contribution is -2.14. The van der Waals surface area contributed by atoms with E-state index in [9.17, 15) is 14.9 Å². The zero-order chi connectivity index (χ0) is 14.6. The number of rotatable bonds is 5. The molecule has 0 radical (unpaired) electrons. The number of nitrogens with zero attached hydrogens (tertiary/aromatic N) is 1. The Labute approximate surface area is 115 Å². The molecule has 0 spiro atoms. The third-order valence-electron chi connectivity index (χ3n) is 2.21. The maximum atomic E-state index is 11.6. The number of nitro groups is 1. The van der Waals surface area contributed by atoms with Crippen LogP contribution in [0, 0.1) is 10.1 Å². The van der Waals surface area contributed by atoms with Crippen LogP contribution in [0.3, 0.4) is 0 Å². The van der Waals surface area contributed by atoms with Crippen LogP contribution >= 0.6 is 11.6 Å². The Kier molecular flexibility index (Phi) is 5.11. The van der Waals surface area contributed by atoms with Crippen molar-refractivity contribution in [2.75, 3.05) is 7.11 Å². The minimum absolute atomic E-state index is 0.0232. The van der Waals surface area contributed by atoms with Crippen LogP contribution in [-0.4, -0.2) is 24.1 Å². The first kappa shape index (κ1) is 15.2. The molecule has 1 rings (SSSR count). The van der Waals surface area contributed by atoms with Crippen LogP contribution in [0.4, 0.5) is 5.69 Å². The predicted octanol–water partition coefficient (Wildman–Crippen LogP) is 2.75. The molecule has 0 unspecified atom stereocenters. The molecule has 104 valence electrons. The van der Waals surface area contributed by atoms with E-state index >= 15 is 0 Å². The molecule has 7 heteroatoms. The van der Waals surface area contributed by atoms with Crippen LogP contribution in [0.25, 0.3) is 0 Å². The summed E-state index contributed by atoms with van der Waals surface area (Å²) in [5.41, 5.74) is 0.0506. The Balaban J connectivity index is 3.12. The van der Waals surface area contributed by atoms with Crippen molar-refractivity contribution >= 4 is 23.3 Å². The van der Waals surface area contributed by atoms with Gasteiger partial charge in [-0.3, -0.25) is 14.9 Å². The first-order valence-electron chi connectivity index (χ1n) is 5.55. The van der Waals surface area contributed by atoms with E-state index in [1.165, 1.54) is 19.2 Å². The van der Waals surface area contributed by atoms with Crippen LogP contribution < -0.4 is 4.74 Å². The summed E-state index contributed by atoms with van der Waals surface area (Å²) in [6, 6.07) is 2.63. The number of carbonyl (C=O) groups excluding carboxylic acids is 1. The first-order valence-corrected chi connectivity index (χ1v) is 5.93. The molecule has 0 heterocycles. The van der Waals surface area contributed by atoms with Crippen LogP contribution in [0.5, 0.6) is 5.75 Å². The highest BCUT2D eigenvalue weighted by Crippen LogP contribution is 2.34. The number of hydrogen-bond acceptors (Lipinski definition) is 5. The van der Waals surface area contributed by atoms with E-state index in [1.807, 2.05) is 0 Å². The second kappa shape index (κ2) is 6.38. The second-order valence-corrected chi connectivity index (χ2v) is 4.53. The molecule has 0 aliphatic rings. The van der Waals surface area contributed by atoms with Crippen LogP contribution in [0.15, 0.2) is 12.1 Å². The maximum Gasteiger partial charge on any atom is 0.312 e. The average Bonchev–Trinajstić information content (AvgIpc) is 2.26. The summed E-state index contributed by atoms with van der Waals surface area (Å²) >= 11 is 5.80. The van der Waals surface area contributed by atoms with E-state index in [4.69, 9.17) is 21.1 Å². The lowest BCUT2D eigenvalue weighted by molar-refractivity contribution is -0.385. The largest absolute Gasteiger partial charge is 0.490 e. The minimum atomic E-state index is -0.609. The highest BCUT2D eigenvalue weighted by molar-refractivity contribution is 6.31. The normalized spacial score (nSPS) is 10.4. The average molecular weight is 288 g/mol. The van der Waals surface area contributed by atoms with E-state index in [-0.39, 0.29) is 29.0 Å². The van der Waals surface area contributed by atoms with Crippen LogP contribution in [0.2, 0.25) is 5.02 Å². The highest BCUT2D eigenvalue weighted by atomic mass is 35.5. The van der Waals surface area contributed by atoms with Gasteiger partial charge in [0.2, 0.25) is 5.75 Å². The van der Waals surface area contributed by atoms with Gasteiger partial charge in [0.15, 0.2) is 0 Å². The van der Waals surface area contributed by atoms with Crippen molar-refractivity contribution in [1.82, 2.24) is 0 Å². The van der Waals surface area contributed by atoms with Gasteiger partial charge in [-0.1, -0.05) is 11.6 Å². The number of benzene rings is 1. The molecule has 0 saturated carbocycles. The lowest BCUT2D eigenvalue weighted by atomic mass is 10.1. The fourth-order valence-corrected chi connectivity index (χ4v) is 1.83. The van der Waals surface area contributed by atoms with Crippen LogP contribution in [0.1, 0.15) is 19.4 Å². The number of nitro benzene ring substituents is 1. The molecular weight excluding hydrogens is 274 g/mol. The van der Waals surface area contributed by atoms with E-state index in [0.29, 0.717) is 5.56 Å². The van der Waals surface area contributed by atoms with Gasteiger partial charge < -0.3 is 9.47 Å². The first-order chi connectivity index (χ1) is 8.85. The number of halogens is 1. The van der Waals surface area contributed by atoms with E-state index < -0.39 is 10.9 Å². The maximum absolute atomic E-state index is 11.6. The Morgan fingerprint density at radius 2 is 2.11 bits per heavy atom. The molecule has 0 saturated heterocycles. The predicted molar refractivity (Wildman–Crippen MR) is 69.6 cm³/mol. The minimum Gasteiger partial charge on any atom is -0.490 e. The molecule has 0 atom stereocenters. The van der Waals surface area contributed by atoms with Gasteiger partial charge in [0.1, 0.15) is 0 Å². The lowest BCUT2D eigenvalue weighted by Gasteiger charge is -2.11. The summed E-state index contributed by atoms with van der Waals surface area (Å²) in [4.78, 5) is 21.9. The molecule has 1 aromatic carbocycles. The summed E-state index contributed by atoms with van der Waals surface area (Å²) in [6.07, 6.45) is -0.393. The third kappa shape index (κ3) is 4.10.